The summed E-state index contributed by atoms with van der Waals surface area (Å²) in [7, 11) is 2.16. The lowest BCUT2D eigenvalue weighted by Crippen LogP contribution is -2.40. The molecular formula is C15H19BrN4O. The van der Waals surface area contributed by atoms with E-state index in [2.05, 4.69) is 43.4 Å². The minimum atomic E-state index is 0.542. The Bertz CT molecular complexity index is 593. The second-order valence-electron chi connectivity index (χ2n) is 5.44. The second-order valence-corrected chi connectivity index (χ2v) is 6.29. The molecular weight excluding hydrogens is 332 g/mol. The first kappa shape index (κ1) is 14.7. The number of piperidine rings is 1. The highest BCUT2D eigenvalue weighted by atomic mass is 79.9. The Labute approximate surface area is 132 Å². The van der Waals surface area contributed by atoms with Crippen molar-refractivity contribution in [3.63, 3.8) is 0 Å². The number of benzene rings is 1. The molecule has 0 radical (unpaired) electrons. The summed E-state index contributed by atoms with van der Waals surface area (Å²) in [4.78, 5) is 2.36. The summed E-state index contributed by atoms with van der Waals surface area (Å²) in [6.45, 7) is 2.92. The van der Waals surface area contributed by atoms with Crippen molar-refractivity contribution >= 4 is 15.9 Å². The van der Waals surface area contributed by atoms with Gasteiger partial charge in [-0.2, -0.15) is 0 Å². The molecule has 0 spiro atoms. The van der Waals surface area contributed by atoms with Crippen LogP contribution in [0.15, 0.2) is 33.2 Å². The number of rotatable bonds is 4. The van der Waals surface area contributed by atoms with Crippen molar-refractivity contribution in [3.8, 4) is 11.5 Å². The zero-order chi connectivity index (χ0) is 14.7. The number of aromatic nitrogens is 2. The first-order valence-electron chi connectivity index (χ1n) is 7.21. The van der Waals surface area contributed by atoms with Crippen LogP contribution in [0.2, 0.25) is 0 Å². The first-order valence-corrected chi connectivity index (χ1v) is 8.01. The van der Waals surface area contributed by atoms with E-state index in [0.717, 1.165) is 23.1 Å². The largest absolute Gasteiger partial charge is 0.419 e. The van der Waals surface area contributed by atoms with Crippen molar-refractivity contribution in [2.75, 3.05) is 20.1 Å². The SMILES string of the molecule is CN1CCC(NCc2nnc(-c3ccccc3Br)o2)CC1. The van der Waals surface area contributed by atoms with Crippen molar-refractivity contribution in [3.05, 3.63) is 34.6 Å². The summed E-state index contributed by atoms with van der Waals surface area (Å²) in [5.41, 5.74) is 0.926. The van der Waals surface area contributed by atoms with Gasteiger partial charge < -0.3 is 14.6 Å². The zero-order valence-electron chi connectivity index (χ0n) is 12.1. The van der Waals surface area contributed by atoms with Crippen molar-refractivity contribution in [2.24, 2.45) is 0 Å². The van der Waals surface area contributed by atoms with Gasteiger partial charge in [-0.15, -0.1) is 10.2 Å². The topological polar surface area (TPSA) is 54.2 Å². The van der Waals surface area contributed by atoms with Gasteiger partial charge in [-0.25, -0.2) is 0 Å². The van der Waals surface area contributed by atoms with Crippen LogP contribution in [0.3, 0.4) is 0 Å². The molecule has 21 heavy (non-hydrogen) atoms. The Morgan fingerprint density at radius 1 is 1.29 bits per heavy atom. The molecule has 5 nitrogen and oxygen atoms in total. The van der Waals surface area contributed by atoms with E-state index >= 15 is 0 Å². The summed E-state index contributed by atoms with van der Waals surface area (Å²) in [5, 5.41) is 11.8. The minimum absolute atomic E-state index is 0.542. The van der Waals surface area contributed by atoms with Gasteiger partial charge in [0.05, 0.1) is 12.1 Å². The molecule has 3 rings (SSSR count). The Kier molecular flexibility index (Phi) is 4.67. The van der Waals surface area contributed by atoms with Gasteiger partial charge in [-0.1, -0.05) is 12.1 Å². The van der Waals surface area contributed by atoms with Crippen LogP contribution >= 0.6 is 15.9 Å². The Morgan fingerprint density at radius 3 is 2.81 bits per heavy atom. The van der Waals surface area contributed by atoms with Gasteiger partial charge in [0.15, 0.2) is 0 Å². The number of nitrogens with zero attached hydrogens (tertiary/aromatic N) is 3. The third-order valence-corrected chi connectivity index (χ3v) is 4.52. The Morgan fingerprint density at radius 2 is 2.05 bits per heavy atom. The summed E-state index contributed by atoms with van der Waals surface area (Å²) >= 11 is 3.50. The van der Waals surface area contributed by atoms with E-state index in [1.807, 2.05) is 24.3 Å². The van der Waals surface area contributed by atoms with Crippen LogP contribution in [-0.2, 0) is 6.54 Å². The molecule has 112 valence electrons. The normalized spacial score (nSPS) is 17.2. The number of hydrogen-bond acceptors (Lipinski definition) is 5. The molecule has 0 atom stereocenters. The highest BCUT2D eigenvalue weighted by molar-refractivity contribution is 9.10. The maximum Gasteiger partial charge on any atom is 0.248 e. The van der Waals surface area contributed by atoms with E-state index in [1.165, 1.54) is 12.8 Å². The summed E-state index contributed by atoms with van der Waals surface area (Å²) in [6.07, 6.45) is 2.34. The predicted molar refractivity (Wildman–Crippen MR) is 84.8 cm³/mol. The summed E-state index contributed by atoms with van der Waals surface area (Å²) in [6, 6.07) is 8.40. The maximum absolute atomic E-state index is 5.74. The molecule has 1 N–H and O–H groups in total. The molecule has 2 heterocycles. The smallest absolute Gasteiger partial charge is 0.248 e. The van der Waals surface area contributed by atoms with Crippen LogP contribution in [0, 0.1) is 0 Å². The van der Waals surface area contributed by atoms with E-state index in [4.69, 9.17) is 4.42 Å². The predicted octanol–water partition coefficient (Wildman–Crippen LogP) is 2.68. The molecule has 1 aromatic carbocycles. The highest BCUT2D eigenvalue weighted by Crippen LogP contribution is 2.26. The average Bonchev–Trinajstić information content (AvgIpc) is 2.96. The van der Waals surface area contributed by atoms with Gasteiger partial charge >= 0.3 is 0 Å². The molecule has 1 saturated heterocycles. The molecule has 1 aliphatic rings. The summed E-state index contributed by atoms with van der Waals surface area (Å²) in [5.74, 6) is 1.20. The highest BCUT2D eigenvalue weighted by Gasteiger charge is 2.17. The third-order valence-electron chi connectivity index (χ3n) is 3.83. The van der Waals surface area contributed by atoms with E-state index in [1.54, 1.807) is 0 Å². The molecule has 0 bridgehead atoms. The van der Waals surface area contributed by atoms with Crippen molar-refractivity contribution in [1.29, 1.82) is 0 Å². The van der Waals surface area contributed by atoms with Crippen LogP contribution < -0.4 is 5.32 Å². The minimum Gasteiger partial charge on any atom is -0.419 e. The standard InChI is InChI=1S/C15H19BrN4O/c1-20-8-6-11(7-9-20)17-10-14-18-19-15(21-14)12-4-2-3-5-13(12)16/h2-5,11,17H,6-10H2,1H3. The molecule has 0 saturated carbocycles. The zero-order valence-corrected chi connectivity index (χ0v) is 13.6. The molecule has 0 amide bonds. The van der Waals surface area contributed by atoms with Crippen molar-refractivity contribution < 1.29 is 4.42 Å². The number of nitrogens with one attached hydrogen (secondary N) is 1. The molecule has 0 aliphatic carbocycles. The fourth-order valence-electron chi connectivity index (χ4n) is 2.51. The molecule has 6 heteroatoms. The third kappa shape index (κ3) is 3.70. The van der Waals surface area contributed by atoms with Crippen LogP contribution in [-0.4, -0.2) is 41.3 Å². The fraction of sp³-hybridized carbons (Fsp3) is 0.467. The van der Waals surface area contributed by atoms with Gasteiger partial charge in [0.2, 0.25) is 11.8 Å². The quantitative estimate of drug-likeness (QED) is 0.918. The lowest BCUT2D eigenvalue weighted by molar-refractivity contribution is 0.231. The molecule has 1 aliphatic heterocycles. The monoisotopic (exact) mass is 350 g/mol. The number of hydrogen-bond donors (Lipinski definition) is 1. The van der Waals surface area contributed by atoms with E-state index < -0.39 is 0 Å². The maximum atomic E-state index is 5.74. The van der Waals surface area contributed by atoms with Crippen LogP contribution in [0.4, 0.5) is 0 Å². The molecule has 1 fully saturated rings. The van der Waals surface area contributed by atoms with Gasteiger partial charge in [0.1, 0.15) is 0 Å². The number of halogens is 1. The lowest BCUT2D eigenvalue weighted by Gasteiger charge is -2.29. The van der Waals surface area contributed by atoms with Crippen molar-refractivity contribution in [1.82, 2.24) is 20.4 Å². The average molecular weight is 351 g/mol. The second kappa shape index (κ2) is 6.68. The van der Waals surface area contributed by atoms with Gasteiger partial charge in [0, 0.05) is 10.5 Å². The van der Waals surface area contributed by atoms with E-state index in [9.17, 15) is 0 Å². The van der Waals surface area contributed by atoms with Crippen LogP contribution in [0.1, 0.15) is 18.7 Å². The Balaban J connectivity index is 1.59. The van der Waals surface area contributed by atoms with Gasteiger partial charge in [-0.3, -0.25) is 0 Å². The van der Waals surface area contributed by atoms with E-state index in [0.29, 0.717) is 24.4 Å². The Hall–Kier alpha value is -1.24. The molecule has 1 aromatic heterocycles. The van der Waals surface area contributed by atoms with Crippen molar-refractivity contribution in [2.45, 2.75) is 25.4 Å². The fourth-order valence-corrected chi connectivity index (χ4v) is 2.97. The van der Waals surface area contributed by atoms with E-state index in [-0.39, 0.29) is 0 Å². The van der Waals surface area contributed by atoms with Crippen LogP contribution in [0.25, 0.3) is 11.5 Å². The van der Waals surface area contributed by atoms with Gasteiger partial charge in [0.25, 0.3) is 0 Å². The first-order chi connectivity index (χ1) is 10.2. The van der Waals surface area contributed by atoms with Gasteiger partial charge in [-0.05, 0) is 61.0 Å². The molecule has 0 unspecified atom stereocenters. The summed E-state index contributed by atoms with van der Waals surface area (Å²) < 4.78 is 6.70. The van der Waals surface area contributed by atoms with Crippen LogP contribution in [0.5, 0.6) is 0 Å². The number of likely N-dealkylation sites (tertiary alicyclic amines) is 1. The lowest BCUT2D eigenvalue weighted by atomic mass is 10.1. The molecule has 2 aromatic rings.